The smallest absolute Gasteiger partial charge is 0.175 e. The SMILES string of the molecule is CCC1C[C@H]1C(C)Oc1ccc(-c2ccc(S(C)(=O)=O)cc2)cc1. The van der Waals surface area contributed by atoms with Crippen LogP contribution in [0.25, 0.3) is 11.1 Å². The Balaban J connectivity index is 1.68. The van der Waals surface area contributed by atoms with Crippen molar-refractivity contribution in [2.45, 2.75) is 37.7 Å². The summed E-state index contributed by atoms with van der Waals surface area (Å²) < 4.78 is 29.1. The fourth-order valence-corrected chi connectivity index (χ4v) is 3.87. The molecule has 0 radical (unpaired) electrons. The summed E-state index contributed by atoms with van der Waals surface area (Å²) in [5.41, 5.74) is 2.04. The van der Waals surface area contributed by atoms with E-state index < -0.39 is 9.84 Å². The Hall–Kier alpha value is -1.81. The second kappa shape index (κ2) is 6.60. The van der Waals surface area contributed by atoms with Gasteiger partial charge in [0.15, 0.2) is 9.84 Å². The fraction of sp³-hybridized carbons (Fsp3) is 0.400. The van der Waals surface area contributed by atoms with E-state index in [1.54, 1.807) is 12.1 Å². The van der Waals surface area contributed by atoms with Crippen molar-refractivity contribution >= 4 is 9.84 Å². The van der Waals surface area contributed by atoms with Gasteiger partial charge in [0.05, 0.1) is 11.0 Å². The molecule has 4 heteroatoms. The van der Waals surface area contributed by atoms with Gasteiger partial charge in [-0.05, 0) is 60.6 Å². The molecule has 1 fully saturated rings. The van der Waals surface area contributed by atoms with Crippen LogP contribution in [-0.4, -0.2) is 20.8 Å². The molecule has 24 heavy (non-hydrogen) atoms. The summed E-state index contributed by atoms with van der Waals surface area (Å²) in [5.74, 6) is 2.41. The lowest BCUT2D eigenvalue weighted by molar-refractivity contribution is 0.190. The van der Waals surface area contributed by atoms with E-state index in [0.29, 0.717) is 10.8 Å². The normalized spacial score (nSPS) is 21.3. The van der Waals surface area contributed by atoms with Crippen molar-refractivity contribution in [3.05, 3.63) is 48.5 Å². The number of sulfone groups is 1. The molecule has 0 bridgehead atoms. The molecule has 0 aliphatic heterocycles. The maximum absolute atomic E-state index is 11.5. The summed E-state index contributed by atoms with van der Waals surface area (Å²) in [6.45, 7) is 4.39. The van der Waals surface area contributed by atoms with E-state index in [2.05, 4.69) is 13.8 Å². The molecule has 2 unspecified atom stereocenters. The van der Waals surface area contributed by atoms with Crippen molar-refractivity contribution in [3.63, 3.8) is 0 Å². The Morgan fingerprint density at radius 3 is 2.04 bits per heavy atom. The molecule has 2 aromatic rings. The van der Waals surface area contributed by atoms with Crippen LogP contribution in [0.1, 0.15) is 26.7 Å². The van der Waals surface area contributed by atoms with Gasteiger partial charge in [-0.3, -0.25) is 0 Å². The van der Waals surface area contributed by atoms with Gasteiger partial charge in [0.25, 0.3) is 0 Å². The minimum Gasteiger partial charge on any atom is -0.490 e. The van der Waals surface area contributed by atoms with Crippen LogP contribution in [0.5, 0.6) is 5.75 Å². The fourth-order valence-electron chi connectivity index (χ4n) is 3.24. The van der Waals surface area contributed by atoms with Crippen molar-refractivity contribution in [1.82, 2.24) is 0 Å². The summed E-state index contributed by atoms with van der Waals surface area (Å²) in [4.78, 5) is 0.343. The van der Waals surface area contributed by atoms with Crippen LogP contribution in [0.3, 0.4) is 0 Å². The first kappa shape index (κ1) is 17.0. The minimum absolute atomic E-state index is 0.259. The third-order valence-electron chi connectivity index (χ3n) is 4.90. The molecule has 0 amide bonds. The van der Waals surface area contributed by atoms with Gasteiger partial charge < -0.3 is 4.74 Å². The highest BCUT2D eigenvalue weighted by Gasteiger charge is 2.40. The molecule has 0 N–H and O–H groups in total. The molecule has 1 aliphatic rings. The quantitative estimate of drug-likeness (QED) is 0.771. The lowest BCUT2D eigenvalue weighted by Gasteiger charge is -2.15. The van der Waals surface area contributed by atoms with E-state index in [4.69, 9.17) is 4.74 Å². The van der Waals surface area contributed by atoms with Crippen molar-refractivity contribution in [3.8, 4) is 16.9 Å². The van der Waals surface area contributed by atoms with Crippen molar-refractivity contribution < 1.29 is 13.2 Å². The number of hydrogen-bond donors (Lipinski definition) is 0. The average molecular weight is 344 g/mol. The first-order valence-corrected chi connectivity index (χ1v) is 10.3. The highest BCUT2D eigenvalue weighted by Crippen LogP contribution is 2.44. The zero-order chi connectivity index (χ0) is 17.3. The Bertz CT molecular complexity index is 792. The zero-order valence-electron chi connectivity index (χ0n) is 14.4. The minimum atomic E-state index is -3.15. The molecule has 0 spiro atoms. The van der Waals surface area contributed by atoms with Crippen LogP contribution < -0.4 is 4.74 Å². The number of rotatable bonds is 6. The highest BCUT2D eigenvalue weighted by molar-refractivity contribution is 7.90. The van der Waals surface area contributed by atoms with E-state index in [9.17, 15) is 8.42 Å². The van der Waals surface area contributed by atoms with Gasteiger partial charge in [-0.1, -0.05) is 37.6 Å². The zero-order valence-corrected chi connectivity index (χ0v) is 15.2. The van der Waals surface area contributed by atoms with Gasteiger partial charge in [0.1, 0.15) is 5.75 Å². The van der Waals surface area contributed by atoms with E-state index in [-0.39, 0.29) is 6.10 Å². The van der Waals surface area contributed by atoms with Gasteiger partial charge in [-0.25, -0.2) is 8.42 Å². The van der Waals surface area contributed by atoms with E-state index in [1.165, 1.54) is 19.1 Å². The van der Waals surface area contributed by atoms with Crippen LogP contribution in [0, 0.1) is 11.8 Å². The topological polar surface area (TPSA) is 43.4 Å². The molecule has 128 valence electrons. The van der Waals surface area contributed by atoms with Crippen molar-refractivity contribution in [2.75, 3.05) is 6.26 Å². The second-order valence-corrected chi connectivity index (χ2v) is 8.73. The molecule has 0 heterocycles. The maximum atomic E-state index is 11.5. The molecule has 0 aromatic heterocycles. The lowest BCUT2D eigenvalue weighted by Crippen LogP contribution is -2.15. The van der Waals surface area contributed by atoms with E-state index in [1.807, 2.05) is 36.4 Å². The van der Waals surface area contributed by atoms with Crippen LogP contribution in [0.2, 0.25) is 0 Å². The predicted octanol–water partition coefficient (Wildman–Crippen LogP) is 4.57. The highest BCUT2D eigenvalue weighted by atomic mass is 32.2. The molecule has 2 aromatic carbocycles. The van der Waals surface area contributed by atoms with Crippen LogP contribution in [0.15, 0.2) is 53.4 Å². The standard InChI is InChI=1S/C20H24O3S/c1-4-15-13-20(15)14(2)23-18-9-5-16(6-10-18)17-7-11-19(12-8-17)24(3,21)22/h5-12,14-15,20H,4,13H2,1-3H3/t14?,15?,20-/m0/s1. The Morgan fingerprint density at radius 2 is 1.58 bits per heavy atom. The van der Waals surface area contributed by atoms with Crippen LogP contribution in [-0.2, 0) is 9.84 Å². The molecule has 0 saturated heterocycles. The Kier molecular flexibility index (Phi) is 4.68. The van der Waals surface area contributed by atoms with E-state index >= 15 is 0 Å². The summed E-state index contributed by atoms with van der Waals surface area (Å²) in [5, 5.41) is 0. The Labute approximate surface area is 144 Å². The molecule has 3 nitrogen and oxygen atoms in total. The molecule has 3 rings (SSSR count). The third-order valence-corrected chi connectivity index (χ3v) is 6.03. The third kappa shape index (κ3) is 3.81. The summed E-state index contributed by atoms with van der Waals surface area (Å²) in [7, 11) is -3.15. The van der Waals surface area contributed by atoms with Crippen LogP contribution in [0.4, 0.5) is 0 Å². The lowest BCUT2D eigenvalue weighted by atomic mass is 10.1. The molecule has 1 saturated carbocycles. The van der Waals surface area contributed by atoms with Gasteiger partial charge in [0, 0.05) is 6.26 Å². The van der Waals surface area contributed by atoms with E-state index in [0.717, 1.165) is 22.8 Å². The predicted molar refractivity (Wildman–Crippen MR) is 97.0 cm³/mol. The Morgan fingerprint density at radius 1 is 1.04 bits per heavy atom. The number of hydrogen-bond acceptors (Lipinski definition) is 3. The van der Waals surface area contributed by atoms with Gasteiger partial charge in [-0.15, -0.1) is 0 Å². The van der Waals surface area contributed by atoms with Crippen molar-refractivity contribution in [2.24, 2.45) is 11.8 Å². The molecule has 3 atom stereocenters. The second-order valence-electron chi connectivity index (χ2n) is 6.71. The monoisotopic (exact) mass is 344 g/mol. The molecule has 1 aliphatic carbocycles. The number of benzene rings is 2. The number of ether oxygens (including phenoxy) is 1. The van der Waals surface area contributed by atoms with Crippen LogP contribution >= 0.6 is 0 Å². The van der Waals surface area contributed by atoms with Crippen molar-refractivity contribution in [1.29, 1.82) is 0 Å². The maximum Gasteiger partial charge on any atom is 0.175 e. The summed E-state index contributed by atoms with van der Waals surface area (Å²) >= 11 is 0. The average Bonchev–Trinajstić information content (AvgIpc) is 3.35. The first-order valence-electron chi connectivity index (χ1n) is 8.45. The van der Waals surface area contributed by atoms with Gasteiger partial charge in [-0.2, -0.15) is 0 Å². The van der Waals surface area contributed by atoms with Gasteiger partial charge in [0.2, 0.25) is 0 Å². The van der Waals surface area contributed by atoms with Gasteiger partial charge >= 0.3 is 0 Å². The molecular formula is C20H24O3S. The summed E-state index contributed by atoms with van der Waals surface area (Å²) in [6.07, 6.45) is 4.00. The first-order chi connectivity index (χ1) is 11.4. The largest absolute Gasteiger partial charge is 0.490 e. The summed E-state index contributed by atoms with van der Waals surface area (Å²) in [6, 6.07) is 15.0. The molecular weight excluding hydrogens is 320 g/mol.